The van der Waals surface area contributed by atoms with Crippen LogP contribution in [0, 0.1) is 26.6 Å². The Morgan fingerprint density at radius 3 is 2.68 bits per heavy atom. The summed E-state index contributed by atoms with van der Waals surface area (Å²) in [5.41, 5.74) is 4.89. The Bertz CT molecular complexity index is 948. The van der Waals surface area contributed by atoms with Crippen molar-refractivity contribution in [2.45, 2.75) is 33.6 Å². The number of amides is 1. The van der Waals surface area contributed by atoms with Gasteiger partial charge in [0.1, 0.15) is 5.82 Å². The zero-order chi connectivity index (χ0) is 18.1. The van der Waals surface area contributed by atoms with Crippen molar-refractivity contribution >= 4 is 17.2 Å². The Kier molecular flexibility index (Phi) is 4.53. The number of halogens is 1. The number of benzene rings is 1. The predicted molar refractivity (Wildman–Crippen MR) is 95.3 cm³/mol. The fraction of sp³-hybridized carbons (Fsp3) is 0.316. The standard InChI is InChI=1S/C19H21FN4O/c1-12-11-18-21-13(2)15(14(3)24(18)22-12)9-10-19(25)23(4)17-8-6-5-7-16(17)20/h5-8,11H,9-10H2,1-4H3. The van der Waals surface area contributed by atoms with Crippen molar-refractivity contribution in [2.75, 3.05) is 11.9 Å². The summed E-state index contributed by atoms with van der Waals surface area (Å²) in [6, 6.07) is 8.21. The van der Waals surface area contributed by atoms with E-state index in [0.717, 1.165) is 28.3 Å². The van der Waals surface area contributed by atoms with Gasteiger partial charge in [-0.3, -0.25) is 4.79 Å². The summed E-state index contributed by atoms with van der Waals surface area (Å²) < 4.78 is 15.7. The number of anilines is 1. The van der Waals surface area contributed by atoms with Crippen molar-refractivity contribution < 1.29 is 9.18 Å². The molecule has 2 aromatic heterocycles. The number of carbonyl (C=O) groups is 1. The molecule has 6 heteroatoms. The van der Waals surface area contributed by atoms with E-state index in [1.54, 1.807) is 25.2 Å². The minimum absolute atomic E-state index is 0.138. The molecule has 5 nitrogen and oxygen atoms in total. The zero-order valence-electron chi connectivity index (χ0n) is 14.9. The van der Waals surface area contributed by atoms with Crippen molar-refractivity contribution in [1.29, 1.82) is 0 Å². The molecule has 0 spiro atoms. The van der Waals surface area contributed by atoms with E-state index >= 15 is 0 Å². The molecule has 0 radical (unpaired) electrons. The molecule has 0 aliphatic heterocycles. The van der Waals surface area contributed by atoms with Crippen LogP contribution in [-0.2, 0) is 11.2 Å². The summed E-state index contributed by atoms with van der Waals surface area (Å²) >= 11 is 0. The molecule has 0 bridgehead atoms. The van der Waals surface area contributed by atoms with Gasteiger partial charge in [-0.1, -0.05) is 12.1 Å². The maximum atomic E-state index is 13.9. The average molecular weight is 340 g/mol. The van der Waals surface area contributed by atoms with Gasteiger partial charge in [0.15, 0.2) is 5.65 Å². The molecule has 0 saturated heterocycles. The van der Waals surface area contributed by atoms with E-state index in [4.69, 9.17) is 0 Å². The molecule has 0 N–H and O–H groups in total. The minimum Gasteiger partial charge on any atom is -0.313 e. The second-order valence-electron chi connectivity index (χ2n) is 6.22. The Labute approximate surface area is 146 Å². The smallest absolute Gasteiger partial charge is 0.227 e. The van der Waals surface area contributed by atoms with Gasteiger partial charge >= 0.3 is 0 Å². The van der Waals surface area contributed by atoms with Crippen LogP contribution in [0.5, 0.6) is 0 Å². The molecule has 0 aliphatic carbocycles. The van der Waals surface area contributed by atoms with Gasteiger partial charge in [-0.25, -0.2) is 13.9 Å². The van der Waals surface area contributed by atoms with Crippen LogP contribution in [0.3, 0.4) is 0 Å². The van der Waals surface area contributed by atoms with Crippen LogP contribution in [0.15, 0.2) is 30.3 Å². The van der Waals surface area contributed by atoms with Crippen LogP contribution in [-0.4, -0.2) is 27.6 Å². The molecule has 0 unspecified atom stereocenters. The highest BCUT2D eigenvalue weighted by molar-refractivity contribution is 5.93. The van der Waals surface area contributed by atoms with Crippen LogP contribution < -0.4 is 4.90 Å². The zero-order valence-corrected chi connectivity index (χ0v) is 14.9. The fourth-order valence-corrected chi connectivity index (χ4v) is 3.06. The van der Waals surface area contributed by atoms with E-state index in [9.17, 15) is 9.18 Å². The third-order valence-electron chi connectivity index (χ3n) is 4.46. The SMILES string of the molecule is Cc1cc2nc(C)c(CCC(=O)N(C)c3ccccc3F)c(C)n2n1. The number of aromatic nitrogens is 3. The summed E-state index contributed by atoms with van der Waals surface area (Å²) in [7, 11) is 1.60. The first-order valence-corrected chi connectivity index (χ1v) is 8.22. The molecule has 1 aromatic carbocycles. The number of aryl methyl sites for hydroxylation is 3. The quantitative estimate of drug-likeness (QED) is 0.731. The number of rotatable bonds is 4. The first-order chi connectivity index (χ1) is 11.9. The van der Waals surface area contributed by atoms with Gasteiger partial charge in [-0.05, 0) is 44.9 Å². The molecular weight excluding hydrogens is 319 g/mol. The van der Waals surface area contributed by atoms with Crippen molar-refractivity contribution in [3.63, 3.8) is 0 Å². The first-order valence-electron chi connectivity index (χ1n) is 8.22. The third kappa shape index (κ3) is 3.24. The average Bonchev–Trinajstić information content (AvgIpc) is 2.94. The molecule has 0 saturated carbocycles. The highest BCUT2D eigenvalue weighted by Gasteiger charge is 2.17. The first kappa shape index (κ1) is 17.1. The summed E-state index contributed by atoms with van der Waals surface area (Å²) in [4.78, 5) is 18.4. The lowest BCUT2D eigenvalue weighted by Crippen LogP contribution is -2.27. The van der Waals surface area contributed by atoms with Gasteiger partial charge in [-0.15, -0.1) is 0 Å². The van der Waals surface area contributed by atoms with E-state index in [2.05, 4.69) is 10.1 Å². The highest BCUT2D eigenvalue weighted by atomic mass is 19.1. The maximum absolute atomic E-state index is 13.9. The van der Waals surface area contributed by atoms with Crippen molar-refractivity contribution in [3.05, 3.63) is 58.8 Å². The van der Waals surface area contributed by atoms with Gasteiger partial charge < -0.3 is 4.90 Å². The summed E-state index contributed by atoms with van der Waals surface area (Å²) in [6.45, 7) is 5.85. The van der Waals surface area contributed by atoms with Gasteiger partial charge in [0.05, 0.1) is 11.4 Å². The summed E-state index contributed by atoms with van der Waals surface area (Å²) in [5, 5.41) is 4.45. The largest absolute Gasteiger partial charge is 0.313 e. The van der Waals surface area contributed by atoms with Gasteiger partial charge in [0, 0.05) is 30.9 Å². The Morgan fingerprint density at radius 1 is 1.24 bits per heavy atom. The molecule has 0 atom stereocenters. The Balaban J connectivity index is 1.80. The molecule has 1 amide bonds. The number of nitrogens with zero attached hydrogens (tertiary/aromatic N) is 4. The van der Waals surface area contributed by atoms with Crippen LogP contribution >= 0.6 is 0 Å². The molecular formula is C19H21FN4O. The third-order valence-corrected chi connectivity index (χ3v) is 4.46. The highest BCUT2D eigenvalue weighted by Crippen LogP contribution is 2.20. The van der Waals surface area contributed by atoms with Gasteiger partial charge in [-0.2, -0.15) is 5.10 Å². The molecule has 130 valence electrons. The van der Waals surface area contributed by atoms with Crippen molar-refractivity contribution in [3.8, 4) is 0 Å². The van der Waals surface area contributed by atoms with Crippen LogP contribution in [0.25, 0.3) is 5.65 Å². The molecule has 0 fully saturated rings. The van der Waals surface area contributed by atoms with E-state index in [1.165, 1.54) is 11.0 Å². The molecule has 0 aliphatic rings. The monoisotopic (exact) mass is 340 g/mol. The topological polar surface area (TPSA) is 50.5 Å². The Hall–Kier alpha value is -2.76. The lowest BCUT2D eigenvalue weighted by Gasteiger charge is -2.18. The normalized spacial score (nSPS) is 11.1. The fourth-order valence-electron chi connectivity index (χ4n) is 3.06. The predicted octanol–water partition coefficient (Wildman–Crippen LogP) is 3.39. The van der Waals surface area contributed by atoms with Crippen molar-refractivity contribution in [2.24, 2.45) is 0 Å². The van der Waals surface area contributed by atoms with E-state index in [1.807, 2.05) is 31.4 Å². The molecule has 2 heterocycles. The number of hydrogen-bond donors (Lipinski definition) is 0. The van der Waals surface area contributed by atoms with E-state index in [0.29, 0.717) is 6.42 Å². The minimum atomic E-state index is -0.402. The van der Waals surface area contributed by atoms with Crippen LogP contribution in [0.2, 0.25) is 0 Å². The van der Waals surface area contributed by atoms with Gasteiger partial charge in [0.25, 0.3) is 0 Å². The second kappa shape index (κ2) is 6.63. The summed E-state index contributed by atoms with van der Waals surface area (Å²) in [6.07, 6.45) is 0.817. The molecule has 3 aromatic rings. The lowest BCUT2D eigenvalue weighted by molar-refractivity contribution is -0.118. The number of carbonyl (C=O) groups excluding carboxylic acids is 1. The summed E-state index contributed by atoms with van der Waals surface area (Å²) in [5.74, 6) is -0.540. The van der Waals surface area contributed by atoms with E-state index in [-0.39, 0.29) is 18.0 Å². The maximum Gasteiger partial charge on any atom is 0.227 e. The second-order valence-corrected chi connectivity index (χ2v) is 6.22. The Morgan fingerprint density at radius 2 is 1.96 bits per heavy atom. The number of para-hydroxylation sites is 1. The van der Waals surface area contributed by atoms with Gasteiger partial charge in [0.2, 0.25) is 5.91 Å². The van der Waals surface area contributed by atoms with Crippen LogP contribution in [0.1, 0.15) is 29.1 Å². The molecule has 25 heavy (non-hydrogen) atoms. The van der Waals surface area contributed by atoms with Crippen LogP contribution in [0.4, 0.5) is 10.1 Å². The number of fused-ring (bicyclic) bond motifs is 1. The number of hydrogen-bond acceptors (Lipinski definition) is 3. The molecule has 3 rings (SSSR count). The lowest BCUT2D eigenvalue weighted by atomic mass is 10.1. The van der Waals surface area contributed by atoms with E-state index < -0.39 is 5.82 Å². The van der Waals surface area contributed by atoms with Crippen molar-refractivity contribution in [1.82, 2.24) is 14.6 Å².